The molecule has 1 unspecified atom stereocenters. The lowest BCUT2D eigenvalue weighted by atomic mass is 10.1. The largest absolute Gasteiger partial charge is 0.507 e. The van der Waals surface area contributed by atoms with Crippen LogP contribution >= 0.6 is 0 Å². The average molecular weight is 389 g/mol. The maximum atomic E-state index is 10.2. The molecule has 3 aromatic rings. The van der Waals surface area contributed by atoms with Gasteiger partial charge in [0.2, 0.25) is 0 Å². The molecule has 4 atom stereocenters. The molecular weight excluding hydrogens is 370 g/mol. The summed E-state index contributed by atoms with van der Waals surface area (Å²) in [5, 5.41) is 52.2. The summed E-state index contributed by atoms with van der Waals surface area (Å²) in [6.45, 7) is -0.349. The minimum atomic E-state index is -1.26. The standard InChI is InChI=1S/C17H19N5O6/c23-5-11-13(26)14(27)17(28-11)22-7-21-12-15(19-6-20-16(12)22)18-4-8-9(24)2-1-3-10(8)25/h1-3,6-7,11,13-14,17,23-27H,4-5H2,(H,18,19,20)/t11-,13-,14-,17?/m1/s1. The van der Waals surface area contributed by atoms with Crippen molar-refractivity contribution in [3.8, 4) is 11.5 Å². The second kappa shape index (κ2) is 7.20. The lowest BCUT2D eigenvalue weighted by molar-refractivity contribution is -0.0511. The van der Waals surface area contributed by atoms with E-state index in [1.165, 1.54) is 35.4 Å². The number of phenols is 2. The molecule has 3 heterocycles. The van der Waals surface area contributed by atoms with Gasteiger partial charge in [-0.25, -0.2) is 15.0 Å². The summed E-state index contributed by atoms with van der Waals surface area (Å²) in [6, 6.07) is 4.45. The van der Waals surface area contributed by atoms with Crippen molar-refractivity contribution in [2.24, 2.45) is 0 Å². The number of rotatable bonds is 5. The molecule has 0 aliphatic carbocycles. The average Bonchev–Trinajstić information content (AvgIpc) is 3.23. The zero-order chi connectivity index (χ0) is 19.8. The van der Waals surface area contributed by atoms with Crippen LogP contribution in [-0.4, -0.2) is 70.0 Å². The van der Waals surface area contributed by atoms with Crippen LogP contribution < -0.4 is 5.32 Å². The molecule has 0 amide bonds. The summed E-state index contributed by atoms with van der Waals surface area (Å²) >= 11 is 0. The Balaban J connectivity index is 1.62. The minimum Gasteiger partial charge on any atom is -0.507 e. The van der Waals surface area contributed by atoms with Crippen LogP contribution in [0.4, 0.5) is 5.82 Å². The molecule has 0 saturated carbocycles. The Morgan fingerprint density at radius 3 is 2.50 bits per heavy atom. The Hall–Kier alpha value is -2.99. The lowest BCUT2D eigenvalue weighted by Gasteiger charge is -2.16. The third-order valence-corrected chi connectivity index (χ3v) is 4.71. The van der Waals surface area contributed by atoms with E-state index in [1.54, 1.807) is 0 Å². The van der Waals surface area contributed by atoms with Crippen LogP contribution in [0.15, 0.2) is 30.9 Å². The molecule has 0 spiro atoms. The summed E-state index contributed by atoms with van der Waals surface area (Å²) in [7, 11) is 0. The predicted octanol–water partition coefficient (Wildman–Crippen LogP) is -0.539. The molecular formula is C17H19N5O6. The normalized spacial score (nSPS) is 24.7. The van der Waals surface area contributed by atoms with Gasteiger partial charge in [0.25, 0.3) is 0 Å². The van der Waals surface area contributed by atoms with E-state index in [2.05, 4.69) is 20.3 Å². The molecule has 1 aliphatic rings. The first kappa shape index (κ1) is 18.4. The van der Waals surface area contributed by atoms with Crippen molar-refractivity contribution in [2.45, 2.75) is 31.1 Å². The topological polar surface area (TPSA) is 166 Å². The second-order valence-electron chi connectivity index (χ2n) is 6.40. The molecule has 1 saturated heterocycles. The number of anilines is 1. The first-order valence-corrected chi connectivity index (χ1v) is 8.55. The van der Waals surface area contributed by atoms with E-state index in [0.29, 0.717) is 22.5 Å². The molecule has 2 aromatic heterocycles. The molecule has 11 nitrogen and oxygen atoms in total. The molecule has 11 heteroatoms. The van der Waals surface area contributed by atoms with Crippen LogP contribution in [-0.2, 0) is 11.3 Å². The van der Waals surface area contributed by atoms with Gasteiger partial charge in [-0.2, -0.15) is 0 Å². The number of hydrogen-bond acceptors (Lipinski definition) is 10. The number of nitrogens with one attached hydrogen (secondary N) is 1. The number of phenolic OH excluding ortho intramolecular Hbond substituents is 2. The molecule has 0 radical (unpaired) electrons. The molecule has 1 aliphatic heterocycles. The highest BCUT2D eigenvalue weighted by Gasteiger charge is 2.44. The van der Waals surface area contributed by atoms with Crippen LogP contribution in [0.25, 0.3) is 11.2 Å². The third kappa shape index (κ3) is 2.99. The maximum Gasteiger partial charge on any atom is 0.167 e. The molecule has 1 aromatic carbocycles. The van der Waals surface area contributed by atoms with Gasteiger partial charge in [-0.1, -0.05) is 6.07 Å². The Labute approximate surface area is 158 Å². The summed E-state index contributed by atoms with van der Waals surface area (Å²) in [6.07, 6.45) is -1.71. The number of fused-ring (bicyclic) bond motifs is 1. The number of imidazole rings is 1. The van der Waals surface area contributed by atoms with Gasteiger partial charge in [0, 0.05) is 6.54 Å². The van der Waals surface area contributed by atoms with Crippen molar-refractivity contribution >= 4 is 17.0 Å². The van der Waals surface area contributed by atoms with Crippen molar-refractivity contribution in [2.75, 3.05) is 11.9 Å². The zero-order valence-electron chi connectivity index (χ0n) is 14.5. The van der Waals surface area contributed by atoms with Gasteiger partial charge in [0.05, 0.1) is 18.5 Å². The molecule has 0 bridgehead atoms. The van der Waals surface area contributed by atoms with E-state index in [1.807, 2.05) is 0 Å². The lowest BCUT2D eigenvalue weighted by Crippen LogP contribution is -2.33. The molecule has 148 valence electrons. The maximum absolute atomic E-state index is 10.2. The van der Waals surface area contributed by atoms with Gasteiger partial charge < -0.3 is 35.6 Å². The van der Waals surface area contributed by atoms with Gasteiger partial charge in [-0.3, -0.25) is 4.57 Å². The monoisotopic (exact) mass is 389 g/mol. The van der Waals surface area contributed by atoms with E-state index in [-0.39, 0.29) is 18.0 Å². The minimum absolute atomic E-state index is 0.0603. The second-order valence-corrected chi connectivity index (χ2v) is 6.40. The van der Waals surface area contributed by atoms with Gasteiger partial charge in [-0.05, 0) is 12.1 Å². The third-order valence-electron chi connectivity index (χ3n) is 4.71. The fourth-order valence-corrected chi connectivity index (χ4v) is 3.19. The number of aliphatic hydroxyl groups is 3. The van der Waals surface area contributed by atoms with Crippen molar-refractivity contribution in [1.29, 1.82) is 0 Å². The van der Waals surface area contributed by atoms with E-state index in [9.17, 15) is 25.5 Å². The van der Waals surface area contributed by atoms with Gasteiger partial charge in [0.1, 0.15) is 36.1 Å². The number of benzene rings is 1. The van der Waals surface area contributed by atoms with Crippen molar-refractivity contribution < 1.29 is 30.3 Å². The first-order valence-electron chi connectivity index (χ1n) is 8.55. The van der Waals surface area contributed by atoms with Gasteiger partial charge >= 0.3 is 0 Å². The van der Waals surface area contributed by atoms with Crippen LogP contribution in [0, 0.1) is 0 Å². The molecule has 6 N–H and O–H groups in total. The molecule has 4 rings (SSSR count). The summed E-state index contributed by atoms with van der Waals surface area (Å²) < 4.78 is 6.96. The van der Waals surface area contributed by atoms with Gasteiger partial charge in [-0.15, -0.1) is 0 Å². The van der Waals surface area contributed by atoms with Crippen LogP contribution in [0.1, 0.15) is 11.8 Å². The predicted molar refractivity (Wildman–Crippen MR) is 95.4 cm³/mol. The number of ether oxygens (including phenoxy) is 1. The van der Waals surface area contributed by atoms with Crippen LogP contribution in [0.5, 0.6) is 11.5 Å². The molecule has 1 fully saturated rings. The van der Waals surface area contributed by atoms with Gasteiger partial charge in [0.15, 0.2) is 23.2 Å². The van der Waals surface area contributed by atoms with Crippen molar-refractivity contribution in [3.05, 3.63) is 36.4 Å². The highest BCUT2D eigenvalue weighted by atomic mass is 16.6. The Morgan fingerprint density at radius 1 is 1.07 bits per heavy atom. The SMILES string of the molecule is OC[C@H]1OC(n2cnc3c(NCc4c(O)cccc4O)ncnc32)[C@H](O)[C@@H]1O. The Morgan fingerprint density at radius 2 is 1.82 bits per heavy atom. The van der Waals surface area contributed by atoms with Crippen LogP contribution in [0.3, 0.4) is 0 Å². The van der Waals surface area contributed by atoms with E-state index >= 15 is 0 Å². The summed E-state index contributed by atoms with van der Waals surface area (Å²) in [5.74, 6) is 0.225. The van der Waals surface area contributed by atoms with Crippen molar-refractivity contribution in [3.63, 3.8) is 0 Å². The number of aromatic hydroxyl groups is 2. The van der Waals surface area contributed by atoms with Crippen LogP contribution in [0.2, 0.25) is 0 Å². The zero-order valence-corrected chi connectivity index (χ0v) is 14.5. The summed E-state index contributed by atoms with van der Waals surface area (Å²) in [4.78, 5) is 12.5. The summed E-state index contributed by atoms with van der Waals surface area (Å²) in [5.41, 5.74) is 1.01. The number of aromatic nitrogens is 4. The number of aliphatic hydroxyl groups excluding tert-OH is 3. The fourth-order valence-electron chi connectivity index (χ4n) is 3.19. The number of hydrogen-bond donors (Lipinski definition) is 6. The Bertz CT molecular complexity index is 975. The first-order chi connectivity index (χ1) is 13.5. The smallest absolute Gasteiger partial charge is 0.167 e. The van der Waals surface area contributed by atoms with Crippen molar-refractivity contribution in [1.82, 2.24) is 19.5 Å². The van der Waals surface area contributed by atoms with E-state index in [0.717, 1.165) is 0 Å². The molecule has 28 heavy (non-hydrogen) atoms. The fraction of sp³-hybridized carbons (Fsp3) is 0.353. The highest BCUT2D eigenvalue weighted by Crippen LogP contribution is 2.32. The Kier molecular flexibility index (Phi) is 4.73. The van der Waals surface area contributed by atoms with E-state index in [4.69, 9.17) is 4.74 Å². The quantitative estimate of drug-likeness (QED) is 0.334. The number of nitrogens with zero attached hydrogens (tertiary/aromatic N) is 4. The van der Waals surface area contributed by atoms with E-state index < -0.39 is 31.1 Å². The highest BCUT2D eigenvalue weighted by molar-refractivity contribution is 5.82.